The molecule has 2 N–H and O–H groups in total. The Morgan fingerprint density at radius 1 is 1.13 bits per heavy atom. The van der Waals surface area contributed by atoms with Crippen LogP contribution in [0.15, 0.2) is 30.9 Å². The SMILES string of the molecule is C=CCc1cc(C(=O)O)cc(C(=O)O)c1. The Kier molecular flexibility index (Phi) is 3.23. The first-order valence-electron chi connectivity index (χ1n) is 4.26. The third-order valence-corrected chi connectivity index (χ3v) is 1.87. The molecule has 0 aliphatic heterocycles. The van der Waals surface area contributed by atoms with Crippen molar-refractivity contribution in [2.24, 2.45) is 0 Å². The molecule has 15 heavy (non-hydrogen) atoms. The van der Waals surface area contributed by atoms with Crippen molar-refractivity contribution in [1.82, 2.24) is 0 Å². The average molecular weight is 206 g/mol. The van der Waals surface area contributed by atoms with E-state index in [1.807, 2.05) is 0 Å². The largest absolute Gasteiger partial charge is 0.478 e. The second-order valence-electron chi connectivity index (χ2n) is 3.02. The summed E-state index contributed by atoms with van der Waals surface area (Å²) in [5.41, 5.74) is 0.584. The predicted octanol–water partition coefficient (Wildman–Crippen LogP) is 1.81. The van der Waals surface area contributed by atoms with E-state index >= 15 is 0 Å². The quantitative estimate of drug-likeness (QED) is 0.737. The van der Waals surface area contributed by atoms with Crippen LogP contribution in [-0.4, -0.2) is 22.2 Å². The fraction of sp³-hybridized carbons (Fsp3) is 0.0909. The maximum atomic E-state index is 10.7. The highest BCUT2D eigenvalue weighted by Gasteiger charge is 2.10. The summed E-state index contributed by atoms with van der Waals surface area (Å²) in [7, 11) is 0. The summed E-state index contributed by atoms with van der Waals surface area (Å²) in [5, 5.41) is 17.5. The van der Waals surface area contributed by atoms with Gasteiger partial charge < -0.3 is 10.2 Å². The van der Waals surface area contributed by atoms with Crippen molar-refractivity contribution in [2.75, 3.05) is 0 Å². The molecule has 0 spiro atoms. The molecule has 0 heterocycles. The molecule has 1 aromatic rings. The summed E-state index contributed by atoms with van der Waals surface area (Å²) in [6.07, 6.45) is 2.04. The number of carbonyl (C=O) groups is 2. The van der Waals surface area contributed by atoms with Gasteiger partial charge >= 0.3 is 11.9 Å². The van der Waals surface area contributed by atoms with Crippen LogP contribution in [0.5, 0.6) is 0 Å². The molecule has 0 bridgehead atoms. The van der Waals surface area contributed by atoms with Gasteiger partial charge in [-0.25, -0.2) is 9.59 Å². The third kappa shape index (κ3) is 2.67. The number of rotatable bonds is 4. The molecule has 1 rings (SSSR count). The van der Waals surface area contributed by atoms with Crippen molar-refractivity contribution >= 4 is 11.9 Å². The van der Waals surface area contributed by atoms with Gasteiger partial charge in [-0.05, 0) is 30.2 Å². The van der Waals surface area contributed by atoms with Crippen LogP contribution in [0.1, 0.15) is 26.3 Å². The number of hydrogen-bond donors (Lipinski definition) is 2. The van der Waals surface area contributed by atoms with Gasteiger partial charge in [0.1, 0.15) is 0 Å². The lowest BCUT2D eigenvalue weighted by atomic mass is 10.0. The number of benzene rings is 1. The van der Waals surface area contributed by atoms with Crippen LogP contribution in [0.4, 0.5) is 0 Å². The van der Waals surface area contributed by atoms with E-state index in [-0.39, 0.29) is 11.1 Å². The van der Waals surface area contributed by atoms with Crippen LogP contribution in [0, 0.1) is 0 Å². The normalized spacial score (nSPS) is 9.60. The molecule has 0 aliphatic carbocycles. The standard InChI is InChI=1S/C11H10O4/c1-2-3-7-4-8(10(12)13)6-9(5-7)11(14)15/h2,4-6H,1,3H2,(H,12,13)(H,14,15). The molecule has 0 aliphatic rings. The number of hydrogen-bond acceptors (Lipinski definition) is 2. The van der Waals surface area contributed by atoms with Crippen LogP contribution in [-0.2, 0) is 6.42 Å². The molecular formula is C11H10O4. The summed E-state index contributed by atoms with van der Waals surface area (Å²) < 4.78 is 0. The summed E-state index contributed by atoms with van der Waals surface area (Å²) in [5.74, 6) is -2.27. The third-order valence-electron chi connectivity index (χ3n) is 1.87. The lowest BCUT2D eigenvalue weighted by Crippen LogP contribution is -2.03. The zero-order valence-electron chi connectivity index (χ0n) is 7.93. The fourth-order valence-electron chi connectivity index (χ4n) is 1.22. The van der Waals surface area contributed by atoms with Gasteiger partial charge in [-0.2, -0.15) is 0 Å². The van der Waals surface area contributed by atoms with Crippen molar-refractivity contribution in [3.63, 3.8) is 0 Å². The minimum Gasteiger partial charge on any atom is -0.478 e. The number of allylic oxidation sites excluding steroid dienone is 1. The highest BCUT2D eigenvalue weighted by atomic mass is 16.4. The van der Waals surface area contributed by atoms with E-state index in [0.29, 0.717) is 12.0 Å². The maximum Gasteiger partial charge on any atom is 0.335 e. The molecule has 0 amide bonds. The van der Waals surface area contributed by atoms with Crippen LogP contribution >= 0.6 is 0 Å². The summed E-state index contributed by atoms with van der Waals surface area (Å²) in [4.78, 5) is 21.4. The fourth-order valence-corrected chi connectivity index (χ4v) is 1.22. The molecule has 1 aromatic carbocycles. The van der Waals surface area contributed by atoms with Crippen molar-refractivity contribution in [3.05, 3.63) is 47.5 Å². The molecular weight excluding hydrogens is 196 g/mol. The van der Waals surface area contributed by atoms with Crippen molar-refractivity contribution in [2.45, 2.75) is 6.42 Å². The Morgan fingerprint density at radius 3 is 1.93 bits per heavy atom. The van der Waals surface area contributed by atoms with E-state index in [2.05, 4.69) is 6.58 Å². The highest BCUT2D eigenvalue weighted by Crippen LogP contribution is 2.11. The van der Waals surface area contributed by atoms with E-state index in [4.69, 9.17) is 10.2 Å². The van der Waals surface area contributed by atoms with Gasteiger partial charge in [-0.3, -0.25) is 0 Å². The van der Waals surface area contributed by atoms with Crippen molar-refractivity contribution < 1.29 is 19.8 Å². The number of carboxylic acid groups (broad SMARTS) is 2. The van der Waals surface area contributed by atoms with Crippen LogP contribution in [0.2, 0.25) is 0 Å². The number of aromatic carboxylic acids is 2. The van der Waals surface area contributed by atoms with Gasteiger partial charge in [0.05, 0.1) is 11.1 Å². The molecule has 0 unspecified atom stereocenters. The average Bonchev–Trinajstić information content (AvgIpc) is 2.17. The van der Waals surface area contributed by atoms with Gasteiger partial charge in [0.2, 0.25) is 0 Å². The lowest BCUT2D eigenvalue weighted by molar-refractivity contribution is 0.0696. The topological polar surface area (TPSA) is 74.6 Å². The van der Waals surface area contributed by atoms with Gasteiger partial charge in [-0.1, -0.05) is 6.08 Å². The Labute approximate surface area is 86.5 Å². The zero-order valence-corrected chi connectivity index (χ0v) is 7.93. The summed E-state index contributed by atoms with van der Waals surface area (Å²) in [6.45, 7) is 3.51. The minimum absolute atomic E-state index is 0.0215. The first-order valence-corrected chi connectivity index (χ1v) is 4.26. The molecule has 4 heteroatoms. The monoisotopic (exact) mass is 206 g/mol. The van der Waals surface area contributed by atoms with E-state index in [0.717, 1.165) is 6.07 Å². The summed E-state index contributed by atoms with van der Waals surface area (Å²) in [6, 6.07) is 4.02. The van der Waals surface area contributed by atoms with E-state index in [1.54, 1.807) is 6.08 Å². The molecule has 4 nitrogen and oxygen atoms in total. The van der Waals surface area contributed by atoms with Crippen LogP contribution < -0.4 is 0 Å². The van der Waals surface area contributed by atoms with E-state index < -0.39 is 11.9 Å². The molecule has 0 aromatic heterocycles. The minimum atomic E-state index is -1.14. The maximum absolute atomic E-state index is 10.7. The molecule has 0 atom stereocenters. The second-order valence-corrected chi connectivity index (χ2v) is 3.02. The van der Waals surface area contributed by atoms with Gasteiger partial charge in [-0.15, -0.1) is 6.58 Å². The molecule has 78 valence electrons. The van der Waals surface area contributed by atoms with Crippen LogP contribution in [0.25, 0.3) is 0 Å². The van der Waals surface area contributed by atoms with Crippen LogP contribution in [0.3, 0.4) is 0 Å². The van der Waals surface area contributed by atoms with E-state index in [9.17, 15) is 9.59 Å². The summed E-state index contributed by atoms with van der Waals surface area (Å²) >= 11 is 0. The Hall–Kier alpha value is -2.10. The zero-order chi connectivity index (χ0) is 11.4. The lowest BCUT2D eigenvalue weighted by Gasteiger charge is -2.02. The first-order chi connectivity index (χ1) is 7.04. The first kappa shape index (κ1) is 11.0. The predicted molar refractivity (Wildman–Crippen MR) is 54.3 cm³/mol. The van der Waals surface area contributed by atoms with Gasteiger partial charge in [0.25, 0.3) is 0 Å². The molecule has 0 radical (unpaired) electrons. The second kappa shape index (κ2) is 4.41. The van der Waals surface area contributed by atoms with Gasteiger partial charge in [0.15, 0.2) is 0 Å². The van der Waals surface area contributed by atoms with Crippen molar-refractivity contribution in [1.29, 1.82) is 0 Å². The number of carboxylic acids is 2. The Morgan fingerprint density at radius 2 is 1.60 bits per heavy atom. The van der Waals surface area contributed by atoms with Crippen molar-refractivity contribution in [3.8, 4) is 0 Å². The molecule has 0 fully saturated rings. The smallest absolute Gasteiger partial charge is 0.335 e. The Balaban J connectivity index is 3.25. The van der Waals surface area contributed by atoms with E-state index in [1.165, 1.54) is 12.1 Å². The molecule has 0 saturated carbocycles. The Bertz CT molecular complexity index is 388. The highest BCUT2D eigenvalue weighted by molar-refractivity contribution is 5.94. The molecule has 0 saturated heterocycles. The van der Waals surface area contributed by atoms with Gasteiger partial charge in [0, 0.05) is 0 Å².